The van der Waals surface area contributed by atoms with Crippen molar-refractivity contribution in [1.29, 1.82) is 0 Å². The summed E-state index contributed by atoms with van der Waals surface area (Å²) in [5.41, 5.74) is 7.14. The molecule has 3 unspecified atom stereocenters. The molecular formula is C14H19NO. The minimum atomic E-state index is -0.247. The molecule has 1 fully saturated rings. The number of nitrogens with two attached hydrogens (primary N) is 1. The van der Waals surface area contributed by atoms with Crippen molar-refractivity contribution in [1.82, 2.24) is 0 Å². The van der Waals surface area contributed by atoms with Gasteiger partial charge >= 0.3 is 0 Å². The number of Topliss-reactive ketones (excluding diaryl/α,β-unsaturated/α-hetero) is 1. The molecule has 2 heteroatoms. The van der Waals surface area contributed by atoms with E-state index in [2.05, 4.69) is 19.1 Å². The third-order valence-corrected chi connectivity index (χ3v) is 3.35. The first-order chi connectivity index (χ1) is 7.74. The highest BCUT2D eigenvalue weighted by Gasteiger charge is 2.44. The van der Waals surface area contributed by atoms with E-state index in [1.807, 2.05) is 18.2 Å². The van der Waals surface area contributed by atoms with E-state index < -0.39 is 0 Å². The molecule has 0 amide bonds. The number of benzene rings is 1. The van der Waals surface area contributed by atoms with E-state index in [4.69, 9.17) is 5.73 Å². The number of hydrogen-bond acceptors (Lipinski definition) is 2. The van der Waals surface area contributed by atoms with Gasteiger partial charge in [-0.25, -0.2) is 0 Å². The second-order valence-corrected chi connectivity index (χ2v) is 4.66. The zero-order valence-electron chi connectivity index (χ0n) is 9.73. The maximum Gasteiger partial charge on any atom is 0.153 e. The Morgan fingerprint density at radius 1 is 1.44 bits per heavy atom. The second-order valence-electron chi connectivity index (χ2n) is 4.66. The van der Waals surface area contributed by atoms with E-state index in [0.29, 0.717) is 5.92 Å². The summed E-state index contributed by atoms with van der Waals surface area (Å²) in [4.78, 5) is 12.0. The predicted molar refractivity (Wildman–Crippen MR) is 65.2 cm³/mol. The first-order valence-corrected chi connectivity index (χ1v) is 6.08. The smallest absolute Gasteiger partial charge is 0.153 e. The fourth-order valence-electron chi connectivity index (χ4n) is 2.31. The van der Waals surface area contributed by atoms with Crippen molar-refractivity contribution in [3.8, 4) is 0 Å². The van der Waals surface area contributed by atoms with Gasteiger partial charge in [0.2, 0.25) is 0 Å². The summed E-state index contributed by atoms with van der Waals surface area (Å²) in [6, 6.07) is 10.0. The molecular weight excluding hydrogens is 198 g/mol. The fraction of sp³-hybridized carbons (Fsp3) is 0.500. The van der Waals surface area contributed by atoms with Gasteiger partial charge in [-0.3, -0.25) is 4.79 Å². The van der Waals surface area contributed by atoms with Gasteiger partial charge in [0.15, 0.2) is 5.78 Å². The van der Waals surface area contributed by atoms with E-state index in [9.17, 15) is 4.79 Å². The first-order valence-electron chi connectivity index (χ1n) is 6.08. The Morgan fingerprint density at radius 3 is 2.75 bits per heavy atom. The minimum Gasteiger partial charge on any atom is -0.321 e. The average molecular weight is 217 g/mol. The molecule has 86 valence electrons. The Morgan fingerprint density at radius 2 is 2.12 bits per heavy atom. The lowest BCUT2D eigenvalue weighted by molar-refractivity contribution is -0.121. The van der Waals surface area contributed by atoms with Crippen LogP contribution in [0.25, 0.3) is 0 Å². The number of hydrogen-bond donors (Lipinski definition) is 1. The summed E-state index contributed by atoms with van der Waals surface area (Å²) in [5, 5.41) is 0. The number of carbonyl (C=O) groups excluding carboxylic acids is 1. The normalized spacial score (nSPS) is 25.1. The summed E-state index contributed by atoms with van der Waals surface area (Å²) in [7, 11) is 0. The lowest BCUT2D eigenvalue weighted by Crippen LogP contribution is -2.31. The van der Waals surface area contributed by atoms with Crippen LogP contribution in [0.15, 0.2) is 30.3 Å². The van der Waals surface area contributed by atoms with E-state index in [0.717, 1.165) is 19.3 Å². The fourth-order valence-corrected chi connectivity index (χ4v) is 2.31. The molecule has 1 saturated carbocycles. The van der Waals surface area contributed by atoms with E-state index >= 15 is 0 Å². The Bertz CT molecular complexity index is 360. The van der Waals surface area contributed by atoms with Gasteiger partial charge < -0.3 is 5.73 Å². The van der Waals surface area contributed by atoms with Gasteiger partial charge in [0.05, 0.1) is 6.04 Å². The van der Waals surface area contributed by atoms with Crippen molar-refractivity contribution < 1.29 is 4.79 Å². The van der Waals surface area contributed by atoms with E-state index in [-0.39, 0.29) is 17.7 Å². The van der Waals surface area contributed by atoms with Crippen LogP contribution in [0.1, 0.15) is 37.7 Å². The molecule has 1 aliphatic rings. The Labute approximate surface area is 96.8 Å². The highest BCUT2D eigenvalue weighted by atomic mass is 16.1. The van der Waals surface area contributed by atoms with Gasteiger partial charge in [-0.1, -0.05) is 43.7 Å². The molecule has 0 radical (unpaired) electrons. The van der Waals surface area contributed by atoms with Gasteiger partial charge in [0.25, 0.3) is 0 Å². The molecule has 16 heavy (non-hydrogen) atoms. The monoisotopic (exact) mass is 217 g/mol. The minimum absolute atomic E-state index is 0.184. The molecule has 3 atom stereocenters. The van der Waals surface area contributed by atoms with E-state index in [1.54, 1.807) is 0 Å². The first kappa shape index (κ1) is 11.3. The van der Waals surface area contributed by atoms with Crippen molar-refractivity contribution in [2.24, 2.45) is 11.7 Å². The van der Waals surface area contributed by atoms with Gasteiger partial charge in [-0.15, -0.1) is 0 Å². The highest BCUT2D eigenvalue weighted by molar-refractivity contribution is 5.89. The molecule has 1 aliphatic carbocycles. The van der Waals surface area contributed by atoms with Crippen molar-refractivity contribution >= 4 is 5.78 Å². The van der Waals surface area contributed by atoms with Crippen molar-refractivity contribution in [3.05, 3.63) is 35.9 Å². The second kappa shape index (κ2) is 4.79. The van der Waals surface area contributed by atoms with Crippen LogP contribution in [0.5, 0.6) is 0 Å². The van der Waals surface area contributed by atoms with Crippen LogP contribution in [-0.4, -0.2) is 11.8 Å². The van der Waals surface area contributed by atoms with Crippen LogP contribution in [-0.2, 0) is 4.79 Å². The Balaban J connectivity index is 1.94. The molecule has 0 spiro atoms. The summed E-state index contributed by atoms with van der Waals surface area (Å²) in [6.45, 7) is 2.06. The lowest BCUT2D eigenvalue weighted by Gasteiger charge is -2.08. The van der Waals surface area contributed by atoms with Gasteiger partial charge in [-0.2, -0.15) is 0 Å². The zero-order chi connectivity index (χ0) is 11.5. The molecule has 0 aliphatic heterocycles. The number of carbonyl (C=O) groups is 1. The predicted octanol–water partition coefficient (Wildman–Crippen LogP) is 2.49. The Hall–Kier alpha value is -1.15. The number of rotatable bonds is 5. The van der Waals surface area contributed by atoms with Gasteiger partial charge in [0.1, 0.15) is 0 Å². The van der Waals surface area contributed by atoms with Crippen molar-refractivity contribution in [2.45, 2.75) is 38.1 Å². The van der Waals surface area contributed by atoms with Crippen LogP contribution in [0, 0.1) is 5.92 Å². The molecule has 1 aromatic rings. The summed E-state index contributed by atoms with van der Waals surface area (Å²) in [6.07, 6.45) is 2.78. The summed E-state index contributed by atoms with van der Waals surface area (Å²) < 4.78 is 0. The molecule has 0 bridgehead atoms. The van der Waals surface area contributed by atoms with Gasteiger partial charge in [-0.05, 0) is 24.3 Å². The number of ketones is 1. The topological polar surface area (TPSA) is 43.1 Å². The maximum atomic E-state index is 12.0. The van der Waals surface area contributed by atoms with E-state index in [1.165, 1.54) is 5.56 Å². The molecule has 2 nitrogen and oxygen atoms in total. The highest BCUT2D eigenvalue weighted by Crippen LogP contribution is 2.48. The molecule has 0 saturated heterocycles. The van der Waals surface area contributed by atoms with Crippen molar-refractivity contribution in [3.63, 3.8) is 0 Å². The quantitative estimate of drug-likeness (QED) is 0.823. The van der Waals surface area contributed by atoms with Gasteiger partial charge in [0, 0.05) is 5.92 Å². The third-order valence-electron chi connectivity index (χ3n) is 3.35. The third kappa shape index (κ3) is 2.33. The van der Waals surface area contributed by atoms with Crippen LogP contribution in [0.2, 0.25) is 0 Å². The standard InChI is InChI=1S/C14H19NO/c1-2-6-13(15)14(16)12-9-11(12)10-7-4-3-5-8-10/h3-5,7-8,11-13H,2,6,9,15H2,1H3. The molecule has 1 aromatic carbocycles. The summed E-state index contributed by atoms with van der Waals surface area (Å²) in [5.74, 6) is 0.872. The van der Waals surface area contributed by atoms with Crippen LogP contribution in [0.3, 0.4) is 0 Å². The largest absolute Gasteiger partial charge is 0.321 e. The summed E-state index contributed by atoms with van der Waals surface area (Å²) >= 11 is 0. The van der Waals surface area contributed by atoms with Crippen LogP contribution in [0.4, 0.5) is 0 Å². The lowest BCUT2D eigenvalue weighted by atomic mass is 10.0. The van der Waals surface area contributed by atoms with Crippen molar-refractivity contribution in [2.75, 3.05) is 0 Å². The average Bonchev–Trinajstić information content (AvgIpc) is 3.09. The maximum absolute atomic E-state index is 12.0. The molecule has 0 heterocycles. The molecule has 2 rings (SSSR count). The van der Waals surface area contributed by atoms with Crippen LogP contribution >= 0.6 is 0 Å². The van der Waals surface area contributed by atoms with Crippen LogP contribution < -0.4 is 5.73 Å². The SMILES string of the molecule is CCCC(N)C(=O)C1CC1c1ccccc1. The zero-order valence-corrected chi connectivity index (χ0v) is 9.73. The molecule has 2 N–H and O–H groups in total. The molecule has 0 aromatic heterocycles. The Kier molecular flexibility index (Phi) is 3.39.